The van der Waals surface area contributed by atoms with Crippen molar-refractivity contribution in [3.63, 3.8) is 0 Å². The van der Waals surface area contributed by atoms with E-state index in [2.05, 4.69) is 18.2 Å². The Morgan fingerprint density at radius 3 is 2.30 bits per heavy atom. The number of ether oxygens (including phenoxy) is 2. The van der Waals surface area contributed by atoms with Crippen LogP contribution in [0.2, 0.25) is 0 Å². The van der Waals surface area contributed by atoms with Gasteiger partial charge in [-0.25, -0.2) is 0 Å². The summed E-state index contributed by atoms with van der Waals surface area (Å²) in [7, 11) is 0. The smallest absolute Gasteiger partial charge is 0.162 e. The van der Waals surface area contributed by atoms with Gasteiger partial charge in [0.15, 0.2) is 11.6 Å². The molecule has 134 valence electrons. The van der Waals surface area contributed by atoms with E-state index in [1.165, 1.54) is 12.2 Å². The minimum absolute atomic E-state index is 0.0138. The Morgan fingerprint density at radius 2 is 1.48 bits per heavy atom. The average molecular weight is 358 g/mol. The SMILES string of the molecule is O=C1C=CC(=O)[C@@H]2[C@H]1[C@@H]1O[C@]23COC(c2ccccc2)[C@@H]3c2ccccc21. The lowest BCUT2D eigenvalue weighted by molar-refractivity contribution is -0.131. The Kier molecular flexibility index (Phi) is 3.01. The third-order valence-corrected chi connectivity index (χ3v) is 6.69. The van der Waals surface area contributed by atoms with Crippen molar-refractivity contribution >= 4 is 11.6 Å². The van der Waals surface area contributed by atoms with Crippen molar-refractivity contribution in [3.05, 3.63) is 83.4 Å². The number of carbonyl (C=O) groups excluding carboxylic acids is 2. The molecule has 27 heavy (non-hydrogen) atoms. The highest BCUT2D eigenvalue weighted by Gasteiger charge is 2.70. The van der Waals surface area contributed by atoms with E-state index in [-0.39, 0.29) is 29.7 Å². The number of allylic oxidation sites excluding steroid dienone is 2. The molecule has 2 aromatic carbocycles. The molecule has 4 nitrogen and oxygen atoms in total. The van der Waals surface area contributed by atoms with Crippen LogP contribution >= 0.6 is 0 Å². The Bertz CT molecular complexity index is 994. The van der Waals surface area contributed by atoms with Gasteiger partial charge in [-0.2, -0.15) is 0 Å². The lowest BCUT2D eigenvalue weighted by Crippen LogP contribution is -2.48. The number of fused-ring (bicyclic) bond motifs is 3. The van der Waals surface area contributed by atoms with Crippen LogP contribution in [0.25, 0.3) is 0 Å². The quantitative estimate of drug-likeness (QED) is 0.785. The highest BCUT2D eigenvalue weighted by molar-refractivity contribution is 6.08. The molecule has 2 aliphatic carbocycles. The standard InChI is InChI=1S/C23H18O4/c24-16-10-11-17(25)20-18(16)22-15-9-5-4-8-14(15)19-21(13-6-2-1-3-7-13)26-12-23(19,20)27-22/h1-11,18-22H,12H2/t18-,19-,20+,21?,22+,23-/m0/s1. The van der Waals surface area contributed by atoms with Crippen molar-refractivity contribution in [1.82, 2.24) is 0 Å². The molecule has 2 heterocycles. The molecular formula is C23H18O4. The monoisotopic (exact) mass is 358 g/mol. The van der Waals surface area contributed by atoms with Crippen LogP contribution in [0, 0.1) is 11.8 Å². The molecular weight excluding hydrogens is 340 g/mol. The van der Waals surface area contributed by atoms with Gasteiger partial charge in [-0.15, -0.1) is 0 Å². The van der Waals surface area contributed by atoms with Gasteiger partial charge >= 0.3 is 0 Å². The zero-order chi connectivity index (χ0) is 18.2. The second kappa shape index (κ2) is 5.24. The van der Waals surface area contributed by atoms with E-state index in [1.807, 2.05) is 36.4 Å². The maximum absolute atomic E-state index is 12.9. The molecule has 4 aliphatic rings. The maximum Gasteiger partial charge on any atom is 0.162 e. The molecule has 2 saturated heterocycles. The summed E-state index contributed by atoms with van der Waals surface area (Å²) in [5, 5.41) is 0. The first-order valence-electron chi connectivity index (χ1n) is 9.40. The Balaban J connectivity index is 1.60. The average Bonchev–Trinajstić information content (AvgIpc) is 3.24. The first-order valence-corrected chi connectivity index (χ1v) is 9.40. The van der Waals surface area contributed by atoms with Crippen molar-refractivity contribution in [1.29, 1.82) is 0 Å². The highest BCUT2D eigenvalue weighted by atomic mass is 16.6. The molecule has 2 aliphatic heterocycles. The molecule has 6 rings (SSSR count). The summed E-state index contributed by atoms with van der Waals surface area (Å²) in [6.45, 7) is 0.329. The zero-order valence-electron chi connectivity index (χ0n) is 14.6. The summed E-state index contributed by atoms with van der Waals surface area (Å²) in [6, 6.07) is 18.2. The largest absolute Gasteiger partial charge is 0.370 e. The highest BCUT2D eigenvalue weighted by Crippen LogP contribution is 2.66. The molecule has 1 spiro atoms. The molecule has 4 heteroatoms. The van der Waals surface area contributed by atoms with Crippen LogP contribution < -0.4 is 0 Å². The molecule has 1 unspecified atom stereocenters. The number of rotatable bonds is 1. The molecule has 2 aromatic rings. The number of carbonyl (C=O) groups is 2. The molecule has 0 N–H and O–H groups in total. The van der Waals surface area contributed by atoms with Crippen molar-refractivity contribution in [3.8, 4) is 0 Å². The molecule has 2 bridgehead atoms. The molecule has 0 amide bonds. The van der Waals surface area contributed by atoms with Crippen molar-refractivity contribution in [2.75, 3.05) is 6.61 Å². The summed E-state index contributed by atoms with van der Waals surface area (Å²) in [5.41, 5.74) is 2.47. The van der Waals surface area contributed by atoms with E-state index < -0.39 is 17.4 Å². The van der Waals surface area contributed by atoms with E-state index in [0.29, 0.717) is 6.61 Å². The molecule has 0 saturated carbocycles. The van der Waals surface area contributed by atoms with Crippen molar-refractivity contribution in [2.24, 2.45) is 11.8 Å². The second-order valence-corrected chi connectivity index (χ2v) is 7.88. The van der Waals surface area contributed by atoms with Gasteiger partial charge in [0.05, 0.1) is 30.7 Å². The zero-order valence-corrected chi connectivity index (χ0v) is 14.6. The van der Waals surface area contributed by atoms with Crippen molar-refractivity contribution < 1.29 is 19.1 Å². The number of ketones is 2. The van der Waals surface area contributed by atoms with Gasteiger partial charge in [0.1, 0.15) is 5.60 Å². The summed E-state index contributed by atoms with van der Waals surface area (Å²) >= 11 is 0. The number of benzene rings is 2. The maximum atomic E-state index is 12.9. The summed E-state index contributed by atoms with van der Waals surface area (Å²) in [6.07, 6.45) is 2.29. The predicted molar refractivity (Wildman–Crippen MR) is 97.0 cm³/mol. The van der Waals surface area contributed by atoms with Crippen LogP contribution in [0.4, 0.5) is 0 Å². The van der Waals surface area contributed by atoms with Crippen LogP contribution in [-0.4, -0.2) is 23.8 Å². The molecule has 2 fully saturated rings. The van der Waals surface area contributed by atoms with Gasteiger partial charge in [0, 0.05) is 5.92 Å². The molecule has 0 aromatic heterocycles. The van der Waals surface area contributed by atoms with E-state index in [1.54, 1.807) is 0 Å². The second-order valence-electron chi connectivity index (χ2n) is 7.88. The van der Waals surface area contributed by atoms with E-state index in [9.17, 15) is 9.59 Å². The van der Waals surface area contributed by atoms with Gasteiger partial charge in [-0.1, -0.05) is 54.6 Å². The first-order chi connectivity index (χ1) is 13.2. The number of hydrogen-bond acceptors (Lipinski definition) is 4. The van der Waals surface area contributed by atoms with E-state index >= 15 is 0 Å². The van der Waals surface area contributed by atoms with Gasteiger partial charge in [0.25, 0.3) is 0 Å². The third-order valence-electron chi connectivity index (χ3n) is 6.69. The minimum atomic E-state index is -0.776. The van der Waals surface area contributed by atoms with Crippen LogP contribution in [0.3, 0.4) is 0 Å². The fourth-order valence-electron chi connectivity index (χ4n) is 5.69. The van der Waals surface area contributed by atoms with Crippen LogP contribution in [0.1, 0.15) is 34.8 Å². The van der Waals surface area contributed by atoms with E-state index in [4.69, 9.17) is 9.47 Å². The Morgan fingerprint density at radius 1 is 0.778 bits per heavy atom. The van der Waals surface area contributed by atoms with Gasteiger partial charge in [0.2, 0.25) is 0 Å². The summed E-state index contributed by atoms with van der Waals surface area (Å²) in [5.74, 6) is -1.07. The summed E-state index contributed by atoms with van der Waals surface area (Å²) in [4.78, 5) is 25.7. The summed E-state index contributed by atoms with van der Waals surface area (Å²) < 4.78 is 12.9. The molecule has 6 atom stereocenters. The van der Waals surface area contributed by atoms with Crippen LogP contribution in [0.5, 0.6) is 0 Å². The normalized spacial score (nSPS) is 38.4. The fraction of sp³-hybridized carbons (Fsp3) is 0.304. The van der Waals surface area contributed by atoms with Gasteiger partial charge < -0.3 is 9.47 Å². The lowest BCUT2D eigenvalue weighted by Gasteiger charge is -2.39. The van der Waals surface area contributed by atoms with Crippen molar-refractivity contribution in [2.45, 2.75) is 23.7 Å². The van der Waals surface area contributed by atoms with Crippen LogP contribution in [0.15, 0.2) is 66.7 Å². The Labute approximate surface area is 156 Å². The topological polar surface area (TPSA) is 52.6 Å². The number of hydrogen-bond donors (Lipinski definition) is 0. The predicted octanol–water partition coefficient (Wildman–Crippen LogP) is 3.31. The lowest BCUT2D eigenvalue weighted by atomic mass is 9.67. The minimum Gasteiger partial charge on any atom is -0.370 e. The fourth-order valence-corrected chi connectivity index (χ4v) is 5.69. The third kappa shape index (κ3) is 1.84. The van der Waals surface area contributed by atoms with Crippen LogP contribution in [-0.2, 0) is 19.1 Å². The first kappa shape index (κ1) is 15.5. The van der Waals surface area contributed by atoms with Gasteiger partial charge in [-0.3, -0.25) is 9.59 Å². The van der Waals surface area contributed by atoms with E-state index in [0.717, 1.165) is 16.7 Å². The molecule has 0 radical (unpaired) electrons. The Hall–Kier alpha value is -2.56. The van der Waals surface area contributed by atoms with Gasteiger partial charge in [-0.05, 0) is 28.8 Å².